The van der Waals surface area contributed by atoms with E-state index in [0.717, 1.165) is 0 Å². The Kier molecular flexibility index (Phi) is 4.89. The lowest BCUT2D eigenvalue weighted by atomic mass is 10.3. The SMILES string of the molecule is COCC(=O)NCC(C)n1nc(-c2ccco2)ccc1=O. The molecule has 1 unspecified atom stereocenters. The summed E-state index contributed by atoms with van der Waals surface area (Å²) in [5.41, 5.74) is 0.327. The Morgan fingerprint density at radius 1 is 1.48 bits per heavy atom. The molecule has 21 heavy (non-hydrogen) atoms. The molecule has 2 heterocycles. The van der Waals surface area contributed by atoms with E-state index in [1.807, 2.05) is 0 Å². The fourth-order valence-corrected chi connectivity index (χ4v) is 1.83. The van der Waals surface area contributed by atoms with Gasteiger partial charge >= 0.3 is 0 Å². The van der Waals surface area contributed by atoms with Crippen LogP contribution in [0.5, 0.6) is 0 Å². The van der Waals surface area contributed by atoms with E-state index in [0.29, 0.717) is 11.5 Å². The Morgan fingerprint density at radius 3 is 2.95 bits per heavy atom. The second-order valence-corrected chi connectivity index (χ2v) is 4.56. The Labute approximate surface area is 121 Å². The number of carbonyl (C=O) groups excluding carboxylic acids is 1. The number of aromatic nitrogens is 2. The van der Waals surface area contributed by atoms with E-state index in [-0.39, 0.29) is 30.7 Å². The van der Waals surface area contributed by atoms with Crippen LogP contribution in [0.15, 0.2) is 39.7 Å². The number of amides is 1. The van der Waals surface area contributed by atoms with Gasteiger partial charge in [0.15, 0.2) is 5.76 Å². The number of hydrogen-bond donors (Lipinski definition) is 1. The molecule has 7 nitrogen and oxygen atoms in total. The van der Waals surface area contributed by atoms with E-state index in [2.05, 4.69) is 10.4 Å². The molecule has 0 aliphatic rings. The topological polar surface area (TPSA) is 86.4 Å². The fraction of sp³-hybridized carbons (Fsp3) is 0.357. The number of rotatable bonds is 6. The first-order valence-corrected chi connectivity index (χ1v) is 6.51. The molecule has 0 spiro atoms. The Bertz CT molecular complexity index is 648. The normalized spacial score (nSPS) is 12.1. The molecule has 2 aromatic rings. The van der Waals surface area contributed by atoms with Gasteiger partial charge in [-0.2, -0.15) is 5.10 Å². The van der Waals surface area contributed by atoms with Crippen molar-refractivity contribution in [2.75, 3.05) is 20.3 Å². The molecule has 1 N–H and O–H groups in total. The molecule has 112 valence electrons. The third-order valence-corrected chi connectivity index (χ3v) is 2.89. The van der Waals surface area contributed by atoms with Crippen molar-refractivity contribution in [2.45, 2.75) is 13.0 Å². The molecule has 0 fully saturated rings. The fourth-order valence-electron chi connectivity index (χ4n) is 1.83. The summed E-state index contributed by atoms with van der Waals surface area (Å²) in [6.07, 6.45) is 1.54. The molecule has 2 aromatic heterocycles. The number of nitrogens with one attached hydrogen (secondary N) is 1. The smallest absolute Gasteiger partial charge is 0.267 e. The second kappa shape index (κ2) is 6.85. The highest BCUT2D eigenvalue weighted by Gasteiger charge is 2.12. The van der Waals surface area contributed by atoms with E-state index in [4.69, 9.17) is 9.15 Å². The third-order valence-electron chi connectivity index (χ3n) is 2.89. The maximum Gasteiger partial charge on any atom is 0.267 e. The van der Waals surface area contributed by atoms with Gasteiger partial charge in [-0.3, -0.25) is 9.59 Å². The summed E-state index contributed by atoms with van der Waals surface area (Å²) < 4.78 is 11.3. The summed E-state index contributed by atoms with van der Waals surface area (Å²) in [6.45, 7) is 2.07. The molecule has 0 saturated carbocycles. The summed E-state index contributed by atoms with van der Waals surface area (Å²) in [5, 5.41) is 6.94. The highest BCUT2D eigenvalue weighted by atomic mass is 16.5. The van der Waals surface area contributed by atoms with Gasteiger partial charge in [0.25, 0.3) is 5.56 Å². The average Bonchev–Trinajstić information content (AvgIpc) is 3.00. The number of furan rings is 1. The van der Waals surface area contributed by atoms with E-state index < -0.39 is 0 Å². The number of carbonyl (C=O) groups is 1. The quantitative estimate of drug-likeness (QED) is 0.851. The van der Waals surface area contributed by atoms with Crippen LogP contribution in [0.4, 0.5) is 0 Å². The molecule has 2 rings (SSSR count). The highest BCUT2D eigenvalue weighted by molar-refractivity contribution is 5.77. The summed E-state index contributed by atoms with van der Waals surface area (Å²) in [4.78, 5) is 23.2. The van der Waals surface area contributed by atoms with Gasteiger partial charge in [0, 0.05) is 19.7 Å². The summed E-state index contributed by atoms with van der Waals surface area (Å²) in [5.74, 6) is 0.346. The third kappa shape index (κ3) is 3.79. The molecule has 1 atom stereocenters. The van der Waals surface area contributed by atoms with Crippen molar-refractivity contribution < 1.29 is 13.9 Å². The van der Waals surface area contributed by atoms with Crippen LogP contribution in [0.25, 0.3) is 11.5 Å². The van der Waals surface area contributed by atoms with Gasteiger partial charge in [0.1, 0.15) is 12.3 Å². The van der Waals surface area contributed by atoms with Crippen molar-refractivity contribution in [3.63, 3.8) is 0 Å². The van der Waals surface area contributed by atoms with Crippen LogP contribution in [0.2, 0.25) is 0 Å². The first-order chi connectivity index (χ1) is 10.1. The molecule has 0 aliphatic heterocycles. The lowest BCUT2D eigenvalue weighted by molar-refractivity contribution is -0.124. The molecule has 0 bridgehead atoms. The minimum Gasteiger partial charge on any atom is -0.463 e. The van der Waals surface area contributed by atoms with E-state index in [9.17, 15) is 9.59 Å². The average molecular weight is 291 g/mol. The van der Waals surface area contributed by atoms with Crippen LogP contribution < -0.4 is 10.9 Å². The summed E-state index contributed by atoms with van der Waals surface area (Å²) >= 11 is 0. The van der Waals surface area contributed by atoms with Crippen molar-refractivity contribution in [2.24, 2.45) is 0 Å². The van der Waals surface area contributed by atoms with Crippen LogP contribution in [0.1, 0.15) is 13.0 Å². The number of methoxy groups -OCH3 is 1. The van der Waals surface area contributed by atoms with Gasteiger partial charge in [-0.1, -0.05) is 0 Å². The zero-order valence-corrected chi connectivity index (χ0v) is 11.9. The zero-order valence-electron chi connectivity index (χ0n) is 11.9. The molecule has 0 saturated heterocycles. The number of ether oxygens (including phenoxy) is 1. The minimum absolute atomic E-state index is 0.0124. The molecular formula is C14H17N3O4. The Balaban J connectivity index is 2.13. The van der Waals surface area contributed by atoms with Crippen molar-refractivity contribution >= 4 is 5.91 Å². The van der Waals surface area contributed by atoms with Crippen LogP contribution in [-0.2, 0) is 9.53 Å². The van der Waals surface area contributed by atoms with Gasteiger partial charge < -0.3 is 14.5 Å². The molecular weight excluding hydrogens is 274 g/mol. The van der Waals surface area contributed by atoms with Crippen molar-refractivity contribution in [1.82, 2.24) is 15.1 Å². The monoisotopic (exact) mass is 291 g/mol. The Hall–Kier alpha value is -2.41. The van der Waals surface area contributed by atoms with Crippen LogP contribution in [-0.4, -0.2) is 35.9 Å². The highest BCUT2D eigenvalue weighted by Crippen LogP contribution is 2.15. The maximum absolute atomic E-state index is 11.9. The first-order valence-electron chi connectivity index (χ1n) is 6.51. The lowest BCUT2D eigenvalue weighted by Gasteiger charge is -2.15. The second-order valence-electron chi connectivity index (χ2n) is 4.56. The number of hydrogen-bond acceptors (Lipinski definition) is 5. The van der Waals surface area contributed by atoms with Gasteiger partial charge in [-0.25, -0.2) is 4.68 Å². The minimum atomic E-state index is -0.284. The van der Waals surface area contributed by atoms with Gasteiger partial charge in [-0.05, 0) is 25.1 Å². The molecule has 0 radical (unpaired) electrons. The Morgan fingerprint density at radius 2 is 2.29 bits per heavy atom. The standard InChI is InChI=1S/C14H17N3O4/c1-10(8-15-13(18)9-20-2)17-14(19)6-5-11(16-17)12-4-3-7-21-12/h3-7,10H,8-9H2,1-2H3,(H,15,18). The van der Waals surface area contributed by atoms with Crippen LogP contribution in [0.3, 0.4) is 0 Å². The number of nitrogens with zero attached hydrogens (tertiary/aromatic N) is 2. The van der Waals surface area contributed by atoms with Gasteiger partial charge in [-0.15, -0.1) is 0 Å². The predicted molar refractivity (Wildman–Crippen MR) is 75.8 cm³/mol. The van der Waals surface area contributed by atoms with E-state index >= 15 is 0 Å². The van der Waals surface area contributed by atoms with Crippen molar-refractivity contribution in [1.29, 1.82) is 0 Å². The maximum atomic E-state index is 11.9. The van der Waals surface area contributed by atoms with Crippen molar-refractivity contribution in [3.8, 4) is 11.5 Å². The zero-order chi connectivity index (χ0) is 15.2. The van der Waals surface area contributed by atoms with Gasteiger partial charge in [0.05, 0.1) is 12.3 Å². The van der Waals surface area contributed by atoms with Crippen molar-refractivity contribution in [3.05, 3.63) is 40.9 Å². The molecule has 7 heteroatoms. The lowest BCUT2D eigenvalue weighted by Crippen LogP contribution is -2.36. The molecule has 0 aliphatic carbocycles. The largest absolute Gasteiger partial charge is 0.463 e. The van der Waals surface area contributed by atoms with E-state index in [1.54, 1.807) is 31.4 Å². The summed E-state index contributed by atoms with van der Waals surface area (Å²) in [6, 6.07) is 6.27. The molecule has 0 aromatic carbocycles. The van der Waals surface area contributed by atoms with Gasteiger partial charge in [0.2, 0.25) is 5.91 Å². The van der Waals surface area contributed by atoms with E-state index in [1.165, 1.54) is 17.9 Å². The summed E-state index contributed by atoms with van der Waals surface area (Å²) in [7, 11) is 1.45. The van der Waals surface area contributed by atoms with Crippen LogP contribution >= 0.6 is 0 Å². The van der Waals surface area contributed by atoms with Crippen LogP contribution in [0, 0.1) is 0 Å². The molecule has 1 amide bonds. The predicted octanol–water partition coefficient (Wildman–Crippen LogP) is 0.827. The first kappa shape index (κ1) is 15.0.